The van der Waals surface area contributed by atoms with Crippen LogP contribution in [0.1, 0.15) is 11.7 Å². The summed E-state index contributed by atoms with van der Waals surface area (Å²) < 4.78 is 52.2. The molecule has 1 aromatic rings. The van der Waals surface area contributed by atoms with Crippen molar-refractivity contribution in [2.75, 3.05) is 6.26 Å². The van der Waals surface area contributed by atoms with Gasteiger partial charge in [0.05, 0.1) is 11.8 Å². The van der Waals surface area contributed by atoms with Gasteiger partial charge in [0.25, 0.3) is 10.1 Å². The Hall–Kier alpha value is -1.52. The highest BCUT2D eigenvalue weighted by molar-refractivity contribution is 7.86. The third kappa shape index (κ3) is 2.98. The van der Waals surface area contributed by atoms with E-state index in [1.807, 2.05) is 0 Å². The molecule has 1 aromatic carbocycles. The minimum absolute atomic E-state index is 0.691. The normalized spacial score (nSPS) is 13.1. The molecule has 0 fully saturated rings. The summed E-state index contributed by atoms with van der Waals surface area (Å²) >= 11 is 0. The first-order chi connectivity index (χ1) is 7.35. The van der Waals surface area contributed by atoms with E-state index in [1.165, 1.54) is 6.07 Å². The van der Waals surface area contributed by atoms with Crippen LogP contribution in [0.15, 0.2) is 18.2 Å². The van der Waals surface area contributed by atoms with Gasteiger partial charge in [-0.3, -0.25) is 0 Å². The lowest BCUT2D eigenvalue weighted by Crippen LogP contribution is -2.12. The van der Waals surface area contributed by atoms with Crippen molar-refractivity contribution in [3.8, 4) is 6.07 Å². The summed E-state index contributed by atoms with van der Waals surface area (Å²) in [6.45, 7) is 0. The monoisotopic (exact) mass is 247 g/mol. The minimum atomic E-state index is -3.97. The van der Waals surface area contributed by atoms with Crippen molar-refractivity contribution in [1.82, 2.24) is 0 Å². The topological polar surface area (TPSA) is 67.2 Å². The first-order valence-corrected chi connectivity index (χ1v) is 5.88. The van der Waals surface area contributed by atoms with Crippen molar-refractivity contribution in [2.45, 2.75) is 6.10 Å². The predicted octanol–water partition coefficient (Wildman–Crippen LogP) is 1.51. The Morgan fingerprint density at radius 1 is 1.38 bits per heavy atom. The van der Waals surface area contributed by atoms with Crippen LogP contribution in [0, 0.1) is 23.0 Å². The number of hydrogen-bond donors (Lipinski definition) is 0. The molecule has 86 valence electrons. The molecular formula is C9H7F2NO3S. The molecule has 0 radical (unpaired) electrons. The van der Waals surface area contributed by atoms with Gasteiger partial charge in [-0.15, -0.1) is 0 Å². The standard InChI is InChI=1S/C9H7F2NO3S/c1-16(13,14)15-8(5-12)9-6(10)3-2-4-7(9)11/h2-4,8H,1H3. The second kappa shape index (κ2) is 4.55. The van der Waals surface area contributed by atoms with Gasteiger partial charge in [-0.05, 0) is 12.1 Å². The zero-order valence-corrected chi connectivity index (χ0v) is 8.96. The van der Waals surface area contributed by atoms with Gasteiger partial charge in [0.2, 0.25) is 0 Å². The maximum absolute atomic E-state index is 13.2. The molecule has 0 heterocycles. The molecule has 0 N–H and O–H groups in total. The van der Waals surface area contributed by atoms with E-state index in [9.17, 15) is 17.2 Å². The van der Waals surface area contributed by atoms with Crippen molar-refractivity contribution in [1.29, 1.82) is 5.26 Å². The number of hydrogen-bond acceptors (Lipinski definition) is 4. The van der Waals surface area contributed by atoms with Crippen LogP contribution in [0.2, 0.25) is 0 Å². The van der Waals surface area contributed by atoms with E-state index in [0.29, 0.717) is 6.26 Å². The van der Waals surface area contributed by atoms with Gasteiger partial charge in [-0.2, -0.15) is 13.7 Å². The van der Waals surface area contributed by atoms with E-state index in [0.717, 1.165) is 18.2 Å². The SMILES string of the molecule is CS(=O)(=O)OC(C#N)c1c(F)cccc1F. The smallest absolute Gasteiger partial charge is 0.246 e. The van der Waals surface area contributed by atoms with Gasteiger partial charge in [0.1, 0.15) is 17.7 Å². The Balaban J connectivity index is 3.21. The fraction of sp³-hybridized carbons (Fsp3) is 0.222. The summed E-state index contributed by atoms with van der Waals surface area (Å²) in [5.74, 6) is -2.06. The molecule has 0 saturated carbocycles. The van der Waals surface area contributed by atoms with Crippen molar-refractivity contribution >= 4 is 10.1 Å². The summed E-state index contributed by atoms with van der Waals surface area (Å²) in [5.41, 5.74) is -0.713. The van der Waals surface area contributed by atoms with Crippen LogP contribution >= 0.6 is 0 Å². The van der Waals surface area contributed by atoms with E-state index in [-0.39, 0.29) is 0 Å². The highest BCUT2D eigenvalue weighted by Gasteiger charge is 2.24. The van der Waals surface area contributed by atoms with Gasteiger partial charge in [-0.25, -0.2) is 13.0 Å². The van der Waals surface area contributed by atoms with Gasteiger partial charge in [0.15, 0.2) is 6.10 Å². The summed E-state index contributed by atoms with van der Waals surface area (Å²) in [6.07, 6.45) is -1.13. The lowest BCUT2D eigenvalue weighted by molar-refractivity contribution is 0.258. The second-order valence-corrected chi connectivity index (χ2v) is 4.55. The molecule has 0 aliphatic rings. The Labute approximate surface area is 91.2 Å². The molecule has 0 spiro atoms. The zero-order chi connectivity index (χ0) is 12.3. The van der Waals surface area contributed by atoms with E-state index >= 15 is 0 Å². The van der Waals surface area contributed by atoms with E-state index in [1.54, 1.807) is 0 Å². The Morgan fingerprint density at radius 2 is 1.88 bits per heavy atom. The molecule has 16 heavy (non-hydrogen) atoms. The molecule has 1 atom stereocenters. The summed E-state index contributed by atoms with van der Waals surface area (Å²) in [5, 5.41) is 8.62. The average molecular weight is 247 g/mol. The van der Waals surface area contributed by atoms with Crippen LogP contribution in [0.4, 0.5) is 8.78 Å². The van der Waals surface area contributed by atoms with Gasteiger partial charge in [0, 0.05) is 0 Å². The highest BCUT2D eigenvalue weighted by Crippen LogP contribution is 2.24. The number of rotatable bonds is 3. The molecule has 0 saturated heterocycles. The molecule has 0 aliphatic carbocycles. The maximum atomic E-state index is 13.2. The second-order valence-electron chi connectivity index (χ2n) is 2.94. The average Bonchev–Trinajstić information content (AvgIpc) is 2.14. The van der Waals surface area contributed by atoms with Crippen LogP contribution in [-0.4, -0.2) is 14.7 Å². The molecule has 0 aliphatic heterocycles. The summed E-state index contributed by atoms with van der Waals surface area (Å²) in [4.78, 5) is 0. The Kier molecular flexibility index (Phi) is 3.57. The largest absolute Gasteiger partial charge is 0.265 e. The number of halogens is 2. The molecule has 1 rings (SSSR count). The van der Waals surface area contributed by atoms with Crippen LogP contribution in [0.3, 0.4) is 0 Å². The molecular weight excluding hydrogens is 240 g/mol. The van der Waals surface area contributed by atoms with Crippen LogP contribution in [-0.2, 0) is 14.3 Å². The molecule has 0 aromatic heterocycles. The molecule has 0 amide bonds. The Morgan fingerprint density at radius 3 is 2.25 bits per heavy atom. The summed E-state index contributed by atoms with van der Waals surface area (Å²) in [7, 11) is -3.97. The first kappa shape index (κ1) is 12.5. The van der Waals surface area contributed by atoms with Gasteiger partial charge >= 0.3 is 0 Å². The first-order valence-electron chi connectivity index (χ1n) is 4.07. The fourth-order valence-corrected chi connectivity index (χ4v) is 1.56. The summed E-state index contributed by atoms with van der Waals surface area (Å²) in [6, 6.07) is 4.30. The Bertz CT molecular complexity index is 516. The number of nitriles is 1. The number of nitrogens with zero attached hydrogens (tertiary/aromatic N) is 1. The van der Waals surface area contributed by atoms with E-state index < -0.39 is 33.4 Å². The third-order valence-electron chi connectivity index (χ3n) is 1.65. The molecule has 0 bridgehead atoms. The molecule has 1 unspecified atom stereocenters. The fourth-order valence-electron chi connectivity index (χ4n) is 1.07. The lowest BCUT2D eigenvalue weighted by atomic mass is 10.1. The van der Waals surface area contributed by atoms with Crippen LogP contribution in [0.5, 0.6) is 0 Å². The molecule has 4 nitrogen and oxygen atoms in total. The van der Waals surface area contributed by atoms with Crippen molar-refractivity contribution in [3.05, 3.63) is 35.4 Å². The van der Waals surface area contributed by atoms with Gasteiger partial charge in [-0.1, -0.05) is 6.07 Å². The molecule has 7 heteroatoms. The van der Waals surface area contributed by atoms with Crippen LogP contribution in [0.25, 0.3) is 0 Å². The predicted molar refractivity (Wildman–Crippen MR) is 50.6 cm³/mol. The van der Waals surface area contributed by atoms with Crippen molar-refractivity contribution in [3.63, 3.8) is 0 Å². The van der Waals surface area contributed by atoms with E-state index in [2.05, 4.69) is 4.18 Å². The minimum Gasteiger partial charge on any atom is -0.246 e. The lowest BCUT2D eigenvalue weighted by Gasteiger charge is -2.10. The maximum Gasteiger partial charge on any atom is 0.265 e. The quantitative estimate of drug-likeness (QED) is 0.759. The zero-order valence-electron chi connectivity index (χ0n) is 8.15. The van der Waals surface area contributed by atoms with Gasteiger partial charge < -0.3 is 0 Å². The van der Waals surface area contributed by atoms with Crippen LogP contribution < -0.4 is 0 Å². The number of benzene rings is 1. The van der Waals surface area contributed by atoms with Crippen molar-refractivity contribution in [2.24, 2.45) is 0 Å². The van der Waals surface area contributed by atoms with Crippen molar-refractivity contribution < 1.29 is 21.4 Å². The third-order valence-corrected chi connectivity index (χ3v) is 2.19. The highest BCUT2D eigenvalue weighted by atomic mass is 32.2. The van der Waals surface area contributed by atoms with E-state index in [4.69, 9.17) is 5.26 Å².